The molecule has 0 amide bonds. The zero-order valence-electron chi connectivity index (χ0n) is 11.2. The molecule has 4 nitrogen and oxygen atoms in total. The van der Waals surface area contributed by atoms with Crippen LogP contribution in [0.25, 0.3) is 0 Å². The van der Waals surface area contributed by atoms with E-state index in [1.165, 1.54) is 20.4 Å². The molecule has 0 aliphatic rings. The van der Waals surface area contributed by atoms with Gasteiger partial charge >= 0.3 is 5.97 Å². The highest BCUT2D eigenvalue weighted by Crippen LogP contribution is 2.37. The van der Waals surface area contributed by atoms with E-state index in [-0.39, 0.29) is 0 Å². The van der Waals surface area contributed by atoms with E-state index in [4.69, 9.17) is 21.1 Å². The highest BCUT2D eigenvalue weighted by Gasteiger charge is 2.45. The number of rotatable bonds is 4. The van der Waals surface area contributed by atoms with E-state index in [0.717, 1.165) is 0 Å². The van der Waals surface area contributed by atoms with Crippen molar-refractivity contribution in [3.8, 4) is 0 Å². The van der Waals surface area contributed by atoms with Crippen LogP contribution < -0.4 is 0 Å². The zero-order chi connectivity index (χ0) is 14.6. The van der Waals surface area contributed by atoms with Crippen molar-refractivity contribution in [2.45, 2.75) is 5.60 Å². The molecule has 0 aliphatic carbocycles. The van der Waals surface area contributed by atoms with Crippen LogP contribution in [0.4, 0.5) is 0 Å². The van der Waals surface area contributed by atoms with E-state index in [1.807, 2.05) is 18.2 Å². The third-order valence-electron chi connectivity index (χ3n) is 3.11. The predicted octanol–water partition coefficient (Wildman–Crippen LogP) is 2.80. The third kappa shape index (κ3) is 2.28. The molecule has 1 unspecified atom stereocenters. The Morgan fingerprint density at radius 2 is 1.90 bits per heavy atom. The molecule has 1 aromatic carbocycles. The number of nitrogens with zero attached hydrogens (tertiary/aromatic N) is 1. The number of carbonyl (C=O) groups is 1. The van der Waals surface area contributed by atoms with Gasteiger partial charge < -0.3 is 9.47 Å². The minimum absolute atomic E-state index is 0.385. The van der Waals surface area contributed by atoms with Crippen LogP contribution in [-0.2, 0) is 19.9 Å². The van der Waals surface area contributed by atoms with Crippen LogP contribution in [0.5, 0.6) is 0 Å². The molecule has 1 heterocycles. The number of esters is 1. The molecule has 1 atom stereocenters. The summed E-state index contributed by atoms with van der Waals surface area (Å²) >= 11 is 6.21. The van der Waals surface area contributed by atoms with Gasteiger partial charge in [-0.2, -0.15) is 0 Å². The molecule has 104 valence electrons. The Morgan fingerprint density at radius 3 is 2.45 bits per heavy atom. The summed E-state index contributed by atoms with van der Waals surface area (Å²) < 4.78 is 10.5. The van der Waals surface area contributed by atoms with Crippen LogP contribution in [-0.4, -0.2) is 25.2 Å². The topological polar surface area (TPSA) is 48.4 Å². The van der Waals surface area contributed by atoms with Gasteiger partial charge in [0.05, 0.1) is 12.1 Å². The van der Waals surface area contributed by atoms with Crippen molar-refractivity contribution in [3.05, 3.63) is 64.9 Å². The van der Waals surface area contributed by atoms with Crippen molar-refractivity contribution in [2.75, 3.05) is 14.2 Å². The van der Waals surface area contributed by atoms with Crippen molar-refractivity contribution >= 4 is 17.6 Å². The quantitative estimate of drug-likeness (QED) is 0.813. The second kappa shape index (κ2) is 6.03. The zero-order valence-corrected chi connectivity index (χ0v) is 11.9. The lowest BCUT2D eigenvalue weighted by molar-refractivity contribution is -0.162. The summed E-state index contributed by atoms with van der Waals surface area (Å²) in [5.74, 6) is -0.555. The van der Waals surface area contributed by atoms with Gasteiger partial charge in [-0.05, 0) is 11.6 Å². The lowest BCUT2D eigenvalue weighted by Crippen LogP contribution is -2.40. The molecule has 2 rings (SSSR count). The smallest absolute Gasteiger partial charge is 0.347 e. The lowest BCUT2D eigenvalue weighted by atomic mass is 9.87. The summed E-state index contributed by atoms with van der Waals surface area (Å²) in [7, 11) is 2.75. The van der Waals surface area contributed by atoms with E-state index in [0.29, 0.717) is 16.1 Å². The number of benzene rings is 1. The van der Waals surface area contributed by atoms with Gasteiger partial charge in [0.2, 0.25) is 5.60 Å². The van der Waals surface area contributed by atoms with Crippen LogP contribution >= 0.6 is 11.6 Å². The maximum Gasteiger partial charge on any atom is 0.347 e. The van der Waals surface area contributed by atoms with E-state index >= 15 is 0 Å². The fourth-order valence-corrected chi connectivity index (χ4v) is 2.39. The molecule has 0 aliphatic heterocycles. The van der Waals surface area contributed by atoms with Crippen molar-refractivity contribution in [1.29, 1.82) is 0 Å². The Bertz CT molecular complexity index is 603. The molecule has 0 bridgehead atoms. The van der Waals surface area contributed by atoms with E-state index in [2.05, 4.69) is 4.98 Å². The van der Waals surface area contributed by atoms with E-state index < -0.39 is 11.6 Å². The molecule has 0 saturated carbocycles. The first-order chi connectivity index (χ1) is 9.66. The third-order valence-corrected chi connectivity index (χ3v) is 3.44. The van der Waals surface area contributed by atoms with Gasteiger partial charge in [0.1, 0.15) is 0 Å². The maximum absolute atomic E-state index is 12.4. The van der Waals surface area contributed by atoms with Crippen molar-refractivity contribution in [3.63, 3.8) is 0 Å². The van der Waals surface area contributed by atoms with Gasteiger partial charge in [-0.25, -0.2) is 4.79 Å². The van der Waals surface area contributed by atoms with E-state index in [9.17, 15) is 4.79 Å². The number of carbonyl (C=O) groups excluding carboxylic acids is 1. The number of hydrogen-bond donors (Lipinski definition) is 0. The number of aromatic nitrogens is 1. The molecular formula is C15H14ClNO3. The lowest BCUT2D eigenvalue weighted by Gasteiger charge is -2.30. The molecule has 0 radical (unpaired) electrons. The fourth-order valence-electron chi connectivity index (χ4n) is 2.15. The number of methoxy groups -OCH3 is 2. The van der Waals surface area contributed by atoms with Crippen molar-refractivity contribution < 1.29 is 14.3 Å². The van der Waals surface area contributed by atoms with Crippen molar-refractivity contribution in [1.82, 2.24) is 4.98 Å². The van der Waals surface area contributed by atoms with Crippen LogP contribution in [0, 0.1) is 0 Å². The molecule has 20 heavy (non-hydrogen) atoms. The van der Waals surface area contributed by atoms with Crippen molar-refractivity contribution in [2.24, 2.45) is 0 Å². The second-order valence-corrected chi connectivity index (χ2v) is 4.51. The fraction of sp³-hybridized carbons (Fsp3) is 0.200. The normalized spacial score (nSPS) is 13.6. The Balaban J connectivity index is 2.73. The largest absolute Gasteiger partial charge is 0.466 e. The minimum Gasteiger partial charge on any atom is -0.466 e. The summed E-state index contributed by atoms with van der Waals surface area (Å²) in [5.41, 5.74) is -0.354. The van der Waals surface area contributed by atoms with Gasteiger partial charge in [0.15, 0.2) is 0 Å². The number of halogens is 1. The Kier molecular flexibility index (Phi) is 4.37. The maximum atomic E-state index is 12.4. The van der Waals surface area contributed by atoms with Gasteiger partial charge in [-0.3, -0.25) is 4.98 Å². The van der Waals surface area contributed by atoms with Crippen LogP contribution in [0.3, 0.4) is 0 Å². The molecule has 1 aromatic heterocycles. The summed E-state index contributed by atoms with van der Waals surface area (Å²) in [6, 6.07) is 10.7. The highest BCUT2D eigenvalue weighted by atomic mass is 35.5. The molecular weight excluding hydrogens is 278 g/mol. The van der Waals surface area contributed by atoms with Gasteiger partial charge in [-0.15, -0.1) is 0 Å². The molecule has 2 aromatic rings. The summed E-state index contributed by atoms with van der Waals surface area (Å²) in [4.78, 5) is 16.4. The minimum atomic E-state index is -1.43. The Labute approximate surface area is 122 Å². The average molecular weight is 292 g/mol. The van der Waals surface area contributed by atoms with Crippen LogP contribution in [0.2, 0.25) is 5.02 Å². The Hall–Kier alpha value is -1.91. The van der Waals surface area contributed by atoms with Crippen LogP contribution in [0.1, 0.15) is 11.1 Å². The molecule has 0 N–H and O–H groups in total. The van der Waals surface area contributed by atoms with E-state index in [1.54, 1.807) is 24.4 Å². The SMILES string of the molecule is COC(=O)C(OC)(c1ccccc1)c1cnccc1Cl. The van der Waals surface area contributed by atoms with Gasteiger partial charge in [-0.1, -0.05) is 41.9 Å². The Morgan fingerprint density at radius 1 is 1.20 bits per heavy atom. The first-order valence-corrected chi connectivity index (χ1v) is 6.33. The second-order valence-electron chi connectivity index (χ2n) is 4.10. The summed E-state index contributed by atoms with van der Waals surface area (Å²) in [6.07, 6.45) is 3.06. The molecule has 0 fully saturated rings. The summed E-state index contributed by atoms with van der Waals surface area (Å²) in [6.45, 7) is 0. The van der Waals surface area contributed by atoms with Crippen LogP contribution in [0.15, 0.2) is 48.8 Å². The standard InChI is InChI=1S/C15H14ClNO3/c1-19-14(18)15(20-2,11-6-4-3-5-7-11)12-10-17-9-8-13(12)16/h3-10H,1-2H3. The number of pyridine rings is 1. The first-order valence-electron chi connectivity index (χ1n) is 5.96. The molecule has 0 saturated heterocycles. The summed E-state index contributed by atoms with van der Waals surface area (Å²) in [5, 5.41) is 0.385. The number of ether oxygens (including phenoxy) is 2. The highest BCUT2D eigenvalue weighted by molar-refractivity contribution is 6.31. The van der Waals surface area contributed by atoms with Gasteiger partial charge in [0, 0.05) is 25.1 Å². The van der Waals surface area contributed by atoms with Gasteiger partial charge in [0.25, 0.3) is 0 Å². The first kappa shape index (κ1) is 14.5. The predicted molar refractivity (Wildman–Crippen MR) is 75.5 cm³/mol. The molecule has 5 heteroatoms. The molecule has 0 spiro atoms. The average Bonchev–Trinajstić information content (AvgIpc) is 2.51. The number of hydrogen-bond acceptors (Lipinski definition) is 4. The monoisotopic (exact) mass is 291 g/mol.